The number of ether oxygens (including phenoxy) is 1. The van der Waals surface area contributed by atoms with Crippen LogP contribution in [0.25, 0.3) is 0 Å². The van der Waals surface area contributed by atoms with Gasteiger partial charge in [-0.2, -0.15) is 0 Å². The fraction of sp³-hybridized carbons (Fsp3) is 0.952. The monoisotopic (exact) mass is 331 g/mol. The largest absolute Gasteiger partial charge is 0.374 e. The van der Waals surface area contributed by atoms with Gasteiger partial charge in [-0.25, -0.2) is 0 Å². The van der Waals surface area contributed by atoms with E-state index in [2.05, 4.69) is 19.2 Å². The lowest BCUT2D eigenvalue weighted by Crippen LogP contribution is -2.66. The highest BCUT2D eigenvalue weighted by molar-refractivity contribution is 5.78. The molecular formula is C21H33NO2. The summed E-state index contributed by atoms with van der Waals surface area (Å²) in [4.78, 5) is 12.3. The molecule has 1 aliphatic heterocycles. The number of piperidine rings is 1. The van der Waals surface area contributed by atoms with E-state index < -0.39 is 0 Å². The summed E-state index contributed by atoms with van der Waals surface area (Å²) in [6.07, 6.45) is 13.2. The van der Waals surface area contributed by atoms with Crippen LogP contribution in [-0.4, -0.2) is 24.2 Å². The Balaban J connectivity index is 1.48. The van der Waals surface area contributed by atoms with Crippen LogP contribution in [0.3, 0.4) is 0 Å². The van der Waals surface area contributed by atoms with E-state index in [1.54, 1.807) is 0 Å². The van der Waals surface area contributed by atoms with Gasteiger partial charge < -0.3 is 10.1 Å². The third kappa shape index (κ3) is 2.15. The molecule has 1 amide bonds. The summed E-state index contributed by atoms with van der Waals surface area (Å²) in [6.45, 7) is 5.04. The minimum atomic E-state index is 0.155. The summed E-state index contributed by atoms with van der Waals surface area (Å²) >= 11 is 0. The first-order valence-electron chi connectivity index (χ1n) is 10.5. The summed E-state index contributed by atoms with van der Waals surface area (Å²) in [5.41, 5.74) is 0.762. The third-order valence-corrected chi connectivity index (χ3v) is 8.84. The van der Waals surface area contributed by atoms with E-state index in [9.17, 15) is 4.79 Å². The lowest BCUT2D eigenvalue weighted by Gasteiger charge is -2.61. The molecule has 5 fully saturated rings. The van der Waals surface area contributed by atoms with Crippen molar-refractivity contribution in [2.24, 2.45) is 28.6 Å². The second-order valence-electron chi connectivity index (χ2n) is 10.1. The molecule has 134 valence electrons. The Kier molecular flexibility index (Phi) is 3.41. The molecule has 5 rings (SSSR count). The standard InChI is InChI=1S/C21H33NO2/c1-20-10-3-4-15(20)14-7-8-17-21(2,16(14)9-11-20)18(12-19(23)22-17)24-13-5-6-13/h13-18H,3-12H2,1-2H3,(H,22,23)/t14-,15-,16-,17+,18?,20-,21+/m0/s1. The van der Waals surface area contributed by atoms with Gasteiger partial charge in [-0.05, 0) is 74.5 Å². The zero-order valence-electron chi connectivity index (χ0n) is 15.4. The maximum atomic E-state index is 12.3. The first-order chi connectivity index (χ1) is 11.5. The van der Waals surface area contributed by atoms with Crippen LogP contribution in [0, 0.1) is 28.6 Å². The van der Waals surface area contributed by atoms with Gasteiger partial charge in [0.1, 0.15) is 0 Å². The quantitative estimate of drug-likeness (QED) is 0.829. The number of amides is 1. The second-order valence-corrected chi connectivity index (χ2v) is 10.1. The van der Waals surface area contributed by atoms with Crippen molar-refractivity contribution in [3.05, 3.63) is 0 Å². The van der Waals surface area contributed by atoms with Gasteiger partial charge >= 0.3 is 0 Å². The van der Waals surface area contributed by atoms with E-state index in [1.165, 1.54) is 57.8 Å². The van der Waals surface area contributed by atoms with E-state index in [0.29, 0.717) is 24.0 Å². The van der Waals surface area contributed by atoms with E-state index in [4.69, 9.17) is 4.74 Å². The lowest BCUT2D eigenvalue weighted by molar-refractivity contribution is -0.175. The molecule has 3 heteroatoms. The fourth-order valence-electron chi connectivity index (χ4n) is 7.35. The number of fused-ring (bicyclic) bond motifs is 5. The molecule has 0 aromatic rings. The molecule has 1 saturated heterocycles. The van der Waals surface area contributed by atoms with Gasteiger partial charge in [-0.3, -0.25) is 4.79 Å². The van der Waals surface area contributed by atoms with Crippen LogP contribution in [0.15, 0.2) is 0 Å². The van der Waals surface area contributed by atoms with Crippen molar-refractivity contribution in [1.29, 1.82) is 0 Å². The molecule has 0 radical (unpaired) electrons. The van der Waals surface area contributed by atoms with Gasteiger partial charge in [0.25, 0.3) is 0 Å². The van der Waals surface area contributed by atoms with Gasteiger partial charge in [0.05, 0.1) is 18.6 Å². The van der Waals surface area contributed by atoms with E-state index in [-0.39, 0.29) is 17.4 Å². The first-order valence-corrected chi connectivity index (χ1v) is 10.5. The molecule has 0 aromatic carbocycles. The topological polar surface area (TPSA) is 38.3 Å². The van der Waals surface area contributed by atoms with Gasteiger partial charge in [0.2, 0.25) is 5.91 Å². The summed E-state index contributed by atoms with van der Waals surface area (Å²) in [5, 5.41) is 3.37. The molecule has 1 unspecified atom stereocenters. The lowest BCUT2D eigenvalue weighted by atomic mass is 9.47. The predicted molar refractivity (Wildman–Crippen MR) is 93.4 cm³/mol. The van der Waals surface area contributed by atoms with Crippen molar-refractivity contribution < 1.29 is 9.53 Å². The van der Waals surface area contributed by atoms with Gasteiger partial charge in [-0.15, -0.1) is 0 Å². The Morgan fingerprint density at radius 1 is 1.00 bits per heavy atom. The van der Waals surface area contributed by atoms with Crippen molar-refractivity contribution in [1.82, 2.24) is 5.32 Å². The van der Waals surface area contributed by atoms with Crippen molar-refractivity contribution in [2.45, 2.75) is 96.3 Å². The molecule has 3 nitrogen and oxygen atoms in total. The Bertz CT molecular complexity index is 544. The first kappa shape index (κ1) is 15.7. The number of hydrogen-bond donors (Lipinski definition) is 1. The predicted octanol–water partition coefficient (Wildman–Crippen LogP) is 4.06. The Morgan fingerprint density at radius 3 is 2.62 bits per heavy atom. The molecule has 7 atom stereocenters. The number of carbonyl (C=O) groups excluding carboxylic acids is 1. The fourth-order valence-corrected chi connectivity index (χ4v) is 7.35. The molecule has 1 heterocycles. The zero-order chi connectivity index (χ0) is 16.5. The molecule has 24 heavy (non-hydrogen) atoms. The highest BCUT2D eigenvalue weighted by atomic mass is 16.5. The summed E-state index contributed by atoms with van der Waals surface area (Å²) in [5.74, 6) is 2.76. The van der Waals surface area contributed by atoms with Crippen LogP contribution in [0.4, 0.5) is 0 Å². The second kappa shape index (κ2) is 5.22. The zero-order valence-corrected chi connectivity index (χ0v) is 15.4. The average molecular weight is 332 g/mol. The number of nitrogens with one attached hydrogen (secondary N) is 1. The molecule has 0 spiro atoms. The maximum absolute atomic E-state index is 12.3. The van der Waals surface area contributed by atoms with Crippen molar-refractivity contribution in [2.75, 3.05) is 0 Å². The summed E-state index contributed by atoms with van der Waals surface area (Å²) in [7, 11) is 0. The SMILES string of the molecule is C[C@@]12CCC[C@H]1[C@@H]1CC[C@H]3NC(=O)CC(OC4CC4)[C@]3(C)[C@H]1CC2. The van der Waals surface area contributed by atoms with Crippen LogP contribution in [0.1, 0.15) is 78.1 Å². The molecule has 4 saturated carbocycles. The number of carbonyl (C=O) groups is 1. The summed E-state index contributed by atoms with van der Waals surface area (Å²) < 4.78 is 6.47. The van der Waals surface area contributed by atoms with Crippen LogP contribution in [0.2, 0.25) is 0 Å². The van der Waals surface area contributed by atoms with E-state index in [0.717, 1.165) is 17.8 Å². The van der Waals surface area contributed by atoms with Crippen molar-refractivity contribution >= 4 is 5.91 Å². The Hall–Kier alpha value is -0.570. The van der Waals surface area contributed by atoms with E-state index in [1.807, 2.05) is 0 Å². The van der Waals surface area contributed by atoms with Crippen molar-refractivity contribution in [3.63, 3.8) is 0 Å². The molecular weight excluding hydrogens is 298 g/mol. The third-order valence-electron chi connectivity index (χ3n) is 8.84. The number of rotatable bonds is 2. The molecule has 0 aromatic heterocycles. The van der Waals surface area contributed by atoms with Crippen LogP contribution in [0.5, 0.6) is 0 Å². The van der Waals surface area contributed by atoms with Gasteiger partial charge in [0, 0.05) is 11.5 Å². The Labute approximate surface area is 146 Å². The number of hydrogen-bond acceptors (Lipinski definition) is 2. The molecule has 0 bridgehead atoms. The average Bonchev–Trinajstić information content (AvgIpc) is 3.26. The smallest absolute Gasteiger partial charge is 0.222 e. The molecule has 1 N–H and O–H groups in total. The maximum Gasteiger partial charge on any atom is 0.222 e. The van der Waals surface area contributed by atoms with E-state index >= 15 is 0 Å². The minimum absolute atomic E-state index is 0.155. The molecule has 5 aliphatic rings. The highest BCUT2D eigenvalue weighted by Crippen LogP contribution is 2.64. The molecule has 4 aliphatic carbocycles. The van der Waals surface area contributed by atoms with Crippen LogP contribution in [-0.2, 0) is 9.53 Å². The summed E-state index contributed by atoms with van der Waals surface area (Å²) in [6, 6.07) is 0.342. The van der Waals surface area contributed by atoms with Gasteiger partial charge in [-0.1, -0.05) is 20.3 Å². The Morgan fingerprint density at radius 2 is 1.83 bits per heavy atom. The normalized spacial score (nSPS) is 53.8. The highest BCUT2D eigenvalue weighted by Gasteiger charge is 2.61. The van der Waals surface area contributed by atoms with Crippen LogP contribution < -0.4 is 5.32 Å². The minimum Gasteiger partial charge on any atom is -0.374 e. The van der Waals surface area contributed by atoms with Crippen molar-refractivity contribution in [3.8, 4) is 0 Å². The van der Waals surface area contributed by atoms with Gasteiger partial charge in [0.15, 0.2) is 0 Å². The van der Waals surface area contributed by atoms with Crippen LogP contribution >= 0.6 is 0 Å².